The highest BCUT2D eigenvalue weighted by Crippen LogP contribution is 2.25. The van der Waals surface area contributed by atoms with Crippen LogP contribution in [0, 0.1) is 0 Å². The number of hydrogen-bond acceptors (Lipinski definition) is 6. The van der Waals surface area contributed by atoms with Gasteiger partial charge < -0.3 is 26.5 Å². The van der Waals surface area contributed by atoms with Crippen LogP contribution in [0.5, 0.6) is 11.5 Å². The second-order valence-electron chi connectivity index (χ2n) is 10.9. The van der Waals surface area contributed by atoms with Gasteiger partial charge in [0.15, 0.2) is 0 Å². The van der Waals surface area contributed by atoms with Gasteiger partial charge in [-0.25, -0.2) is 0 Å². The Hall–Kier alpha value is -6.22. The van der Waals surface area contributed by atoms with E-state index in [0.717, 1.165) is 27.8 Å². The average Bonchev–Trinajstić information content (AvgIpc) is 3.10. The van der Waals surface area contributed by atoms with Crippen LogP contribution in [0.3, 0.4) is 0 Å². The second-order valence-corrected chi connectivity index (χ2v) is 10.9. The predicted molar refractivity (Wildman–Crippen MR) is 183 cm³/mol. The van der Waals surface area contributed by atoms with Gasteiger partial charge in [0, 0.05) is 18.5 Å². The minimum absolute atomic E-state index is 0.0770. The maximum Gasteiger partial charge on any atom is 0.254 e. The summed E-state index contributed by atoms with van der Waals surface area (Å²) in [4.78, 5) is 41.2. The largest absolute Gasteiger partial charge is 0.457 e. The monoisotopic (exact) mass is 625 g/mol. The Morgan fingerprint density at radius 1 is 0.745 bits per heavy atom. The van der Waals surface area contributed by atoms with E-state index < -0.39 is 17.9 Å². The number of carbonyl (C=O) groups excluding carboxylic acids is 3. The molecule has 0 heterocycles. The molecule has 0 aliphatic carbocycles. The predicted octanol–water partition coefficient (Wildman–Crippen LogP) is 5.29. The van der Waals surface area contributed by atoms with Crippen molar-refractivity contribution in [3.8, 4) is 22.6 Å². The van der Waals surface area contributed by atoms with Crippen molar-refractivity contribution in [3.05, 3.63) is 156 Å². The molecule has 0 aliphatic heterocycles. The highest BCUT2D eigenvalue weighted by molar-refractivity contribution is 5.98. The first-order valence-corrected chi connectivity index (χ1v) is 15.1. The van der Waals surface area contributed by atoms with E-state index in [2.05, 4.69) is 10.4 Å². The average molecular weight is 626 g/mol. The van der Waals surface area contributed by atoms with E-state index in [0.29, 0.717) is 17.1 Å². The van der Waals surface area contributed by atoms with Crippen molar-refractivity contribution in [2.75, 3.05) is 6.54 Å². The molecule has 5 N–H and O–H groups in total. The second kappa shape index (κ2) is 15.7. The standard InChI is InChI=1S/C38H35N5O4/c39-36(44)25-41-37(45)35(23-27-14-18-31(19-15-27)30-9-3-1-4-10-30)43(38(46)32-20-16-28(17-21-32)24-42-40)26-29-8-7-13-34(22-29)47-33-11-5-2-6-12-33/h1-22,24,35H,23,25-26,40H2,(H2,39,44)(H,41,45). The summed E-state index contributed by atoms with van der Waals surface area (Å²) in [5, 5.41) is 6.16. The van der Waals surface area contributed by atoms with Gasteiger partial charge in [0.1, 0.15) is 17.5 Å². The van der Waals surface area contributed by atoms with Crippen LogP contribution in [0.2, 0.25) is 0 Å². The lowest BCUT2D eigenvalue weighted by Gasteiger charge is -2.31. The summed E-state index contributed by atoms with van der Waals surface area (Å²) in [6, 6.07) is 40.3. The minimum Gasteiger partial charge on any atom is -0.457 e. The molecule has 236 valence electrons. The maximum atomic E-state index is 14.3. The van der Waals surface area contributed by atoms with Crippen molar-refractivity contribution >= 4 is 23.9 Å². The molecule has 0 spiro atoms. The Balaban J connectivity index is 1.50. The number of benzene rings is 5. The third-order valence-electron chi connectivity index (χ3n) is 7.48. The number of amides is 3. The number of nitrogens with two attached hydrogens (primary N) is 2. The zero-order chi connectivity index (χ0) is 33.0. The summed E-state index contributed by atoms with van der Waals surface area (Å²) in [5.41, 5.74) is 10.1. The van der Waals surface area contributed by atoms with Crippen molar-refractivity contribution in [2.24, 2.45) is 16.7 Å². The first-order chi connectivity index (χ1) is 22.9. The van der Waals surface area contributed by atoms with Gasteiger partial charge in [0.25, 0.3) is 5.91 Å². The molecule has 0 bridgehead atoms. The van der Waals surface area contributed by atoms with Crippen molar-refractivity contribution in [3.63, 3.8) is 0 Å². The molecule has 0 saturated carbocycles. The van der Waals surface area contributed by atoms with Crippen molar-refractivity contribution in [1.82, 2.24) is 10.2 Å². The summed E-state index contributed by atoms with van der Waals surface area (Å²) < 4.78 is 6.04. The third kappa shape index (κ3) is 8.92. The molecular formula is C38H35N5O4. The lowest BCUT2D eigenvalue weighted by Crippen LogP contribution is -2.51. The van der Waals surface area contributed by atoms with Gasteiger partial charge in [-0.1, -0.05) is 97.1 Å². The molecule has 9 nitrogen and oxygen atoms in total. The Kier molecular flexibility index (Phi) is 10.7. The molecule has 0 fully saturated rings. The minimum atomic E-state index is -0.992. The number of hydrazone groups is 1. The van der Waals surface area contributed by atoms with Crippen LogP contribution in [0.15, 0.2) is 139 Å². The molecule has 5 aromatic carbocycles. The fourth-order valence-electron chi connectivity index (χ4n) is 5.14. The fraction of sp³-hybridized carbons (Fsp3) is 0.105. The van der Waals surface area contributed by atoms with Crippen LogP contribution in [0.1, 0.15) is 27.0 Å². The van der Waals surface area contributed by atoms with Gasteiger partial charge in [0.05, 0.1) is 12.8 Å². The van der Waals surface area contributed by atoms with E-state index in [-0.39, 0.29) is 25.4 Å². The summed E-state index contributed by atoms with van der Waals surface area (Å²) in [5.74, 6) is 4.97. The Labute approximate surface area is 273 Å². The maximum absolute atomic E-state index is 14.3. The van der Waals surface area contributed by atoms with E-state index in [4.69, 9.17) is 16.3 Å². The van der Waals surface area contributed by atoms with Gasteiger partial charge >= 0.3 is 0 Å². The van der Waals surface area contributed by atoms with Crippen molar-refractivity contribution in [1.29, 1.82) is 0 Å². The smallest absolute Gasteiger partial charge is 0.254 e. The number of primary amides is 1. The van der Waals surface area contributed by atoms with Crippen LogP contribution in [0.4, 0.5) is 0 Å². The molecule has 0 aromatic heterocycles. The van der Waals surface area contributed by atoms with E-state index in [1.807, 2.05) is 109 Å². The first-order valence-electron chi connectivity index (χ1n) is 15.1. The van der Waals surface area contributed by atoms with E-state index in [1.54, 1.807) is 24.3 Å². The van der Waals surface area contributed by atoms with Crippen LogP contribution in [-0.4, -0.2) is 41.4 Å². The number of ether oxygens (including phenoxy) is 1. The summed E-state index contributed by atoms with van der Waals surface area (Å²) in [6.07, 6.45) is 1.66. The SMILES string of the molecule is NN=Cc1ccc(C(=O)N(Cc2cccc(Oc3ccccc3)c2)C(Cc2ccc(-c3ccccc3)cc2)C(=O)NCC(N)=O)cc1. The van der Waals surface area contributed by atoms with E-state index >= 15 is 0 Å². The summed E-state index contributed by atoms with van der Waals surface area (Å²) in [7, 11) is 0. The van der Waals surface area contributed by atoms with Gasteiger partial charge in [-0.3, -0.25) is 14.4 Å². The normalized spacial score (nSPS) is 11.5. The highest BCUT2D eigenvalue weighted by Gasteiger charge is 2.31. The zero-order valence-corrected chi connectivity index (χ0v) is 25.7. The van der Waals surface area contributed by atoms with Crippen LogP contribution >= 0.6 is 0 Å². The molecule has 0 radical (unpaired) electrons. The van der Waals surface area contributed by atoms with Crippen LogP contribution in [0.25, 0.3) is 11.1 Å². The number of para-hydroxylation sites is 1. The molecule has 9 heteroatoms. The van der Waals surface area contributed by atoms with Crippen molar-refractivity contribution in [2.45, 2.75) is 19.0 Å². The zero-order valence-electron chi connectivity index (χ0n) is 25.7. The first kappa shape index (κ1) is 32.2. The molecule has 3 amide bonds. The van der Waals surface area contributed by atoms with E-state index in [9.17, 15) is 14.4 Å². The summed E-state index contributed by atoms with van der Waals surface area (Å²) in [6.45, 7) is -0.286. The Morgan fingerprint density at radius 3 is 2.04 bits per heavy atom. The molecule has 5 rings (SSSR count). The lowest BCUT2D eigenvalue weighted by atomic mass is 9.98. The van der Waals surface area contributed by atoms with Gasteiger partial charge in [-0.15, -0.1) is 0 Å². The highest BCUT2D eigenvalue weighted by atomic mass is 16.5. The van der Waals surface area contributed by atoms with Crippen molar-refractivity contribution < 1.29 is 19.1 Å². The molecule has 1 atom stereocenters. The molecule has 1 unspecified atom stereocenters. The number of rotatable bonds is 13. The number of nitrogens with one attached hydrogen (secondary N) is 1. The van der Waals surface area contributed by atoms with Gasteiger partial charge in [-0.2, -0.15) is 5.10 Å². The fourth-order valence-corrected chi connectivity index (χ4v) is 5.14. The summed E-state index contributed by atoms with van der Waals surface area (Å²) >= 11 is 0. The third-order valence-corrected chi connectivity index (χ3v) is 7.48. The molecule has 5 aromatic rings. The Morgan fingerprint density at radius 2 is 1.38 bits per heavy atom. The van der Waals surface area contributed by atoms with Crippen LogP contribution in [-0.2, 0) is 22.6 Å². The quantitative estimate of drug-likeness (QED) is 0.0926. The number of hydrogen-bond donors (Lipinski definition) is 3. The molecule has 47 heavy (non-hydrogen) atoms. The molecular weight excluding hydrogens is 590 g/mol. The van der Waals surface area contributed by atoms with Gasteiger partial charge in [-0.05, 0) is 64.2 Å². The Bertz CT molecular complexity index is 1830. The van der Waals surface area contributed by atoms with Gasteiger partial charge in [0.2, 0.25) is 11.8 Å². The number of carbonyl (C=O) groups is 3. The molecule has 0 aliphatic rings. The molecule has 0 saturated heterocycles. The van der Waals surface area contributed by atoms with E-state index in [1.165, 1.54) is 11.1 Å². The number of nitrogens with zero attached hydrogens (tertiary/aromatic N) is 2. The van der Waals surface area contributed by atoms with Crippen LogP contribution < -0.4 is 21.6 Å². The lowest BCUT2D eigenvalue weighted by molar-refractivity contribution is -0.128. The topological polar surface area (TPSA) is 140 Å².